The van der Waals surface area contributed by atoms with E-state index in [1.807, 2.05) is 38.1 Å². The number of carbonyl (C=O) groups is 2. The van der Waals surface area contributed by atoms with Crippen molar-refractivity contribution < 1.29 is 22.7 Å². The molecule has 0 aromatic heterocycles. The summed E-state index contributed by atoms with van der Waals surface area (Å²) < 4.78 is 31.7. The molecule has 0 saturated heterocycles. The Kier molecular flexibility index (Phi) is 9.92. The maximum Gasteiger partial charge on any atom is 0.244 e. The van der Waals surface area contributed by atoms with E-state index in [-0.39, 0.29) is 18.1 Å². The van der Waals surface area contributed by atoms with Gasteiger partial charge in [-0.3, -0.25) is 13.9 Å². The van der Waals surface area contributed by atoms with Crippen LogP contribution in [0.25, 0.3) is 0 Å². The second kappa shape index (κ2) is 12.4. The van der Waals surface area contributed by atoms with Gasteiger partial charge < -0.3 is 15.0 Å². The van der Waals surface area contributed by atoms with Crippen molar-refractivity contribution in [3.63, 3.8) is 0 Å². The minimum Gasteiger partial charge on any atom is -0.495 e. The lowest BCUT2D eigenvalue weighted by Gasteiger charge is -2.32. The van der Waals surface area contributed by atoms with E-state index >= 15 is 0 Å². The third-order valence-electron chi connectivity index (χ3n) is 5.63. The van der Waals surface area contributed by atoms with E-state index in [0.717, 1.165) is 34.5 Å². The van der Waals surface area contributed by atoms with Gasteiger partial charge in [0.05, 0.1) is 19.1 Å². The minimum absolute atomic E-state index is 0.178. The lowest BCUT2D eigenvalue weighted by molar-refractivity contribution is -0.139. The van der Waals surface area contributed by atoms with Gasteiger partial charge in [-0.15, -0.1) is 0 Å². The monoisotopic (exact) mass is 489 g/mol. The molecule has 8 nitrogen and oxygen atoms in total. The Morgan fingerprint density at radius 1 is 1.09 bits per heavy atom. The number of rotatable bonds is 12. The maximum absolute atomic E-state index is 13.6. The summed E-state index contributed by atoms with van der Waals surface area (Å²) in [5.41, 5.74) is 2.12. The first-order valence-corrected chi connectivity index (χ1v) is 13.2. The van der Waals surface area contributed by atoms with Crippen molar-refractivity contribution in [2.24, 2.45) is 0 Å². The molecule has 2 amide bonds. The largest absolute Gasteiger partial charge is 0.495 e. The highest BCUT2D eigenvalue weighted by Gasteiger charge is 2.31. The second-order valence-corrected chi connectivity index (χ2v) is 10.1. The van der Waals surface area contributed by atoms with Crippen molar-refractivity contribution >= 4 is 27.5 Å². The lowest BCUT2D eigenvalue weighted by atomic mass is 10.1. The average molecular weight is 490 g/mol. The number of hydrogen-bond donors (Lipinski definition) is 1. The number of methoxy groups -OCH3 is 1. The van der Waals surface area contributed by atoms with Gasteiger partial charge in [0.2, 0.25) is 21.8 Å². The van der Waals surface area contributed by atoms with Crippen molar-refractivity contribution in [2.45, 2.75) is 46.2 Å². The van der Waals surface area contributed by atoms with Crippen molar-refractivity contribution in [3.05, 3.63) is 59.7 Å². The summed E-state index contributed by atoms with van der Waals surface area (Å²) in [4.78, 5) is 27.8. The van der Waals surface area contributed by atoms with Crippen LogP contribution < -0.4 is 14.4 Å². The van der Waals surface area contributed by atoms with E-state index in [0.29, 0.717) is 12.3 Å². The summed E-state index contributed by atoms with van der Waals surface area (Å²) in [7, 11) is -2.38. The number of sulfonamides is 1. The SMILES string of the molecule is CCCCNC(=O)[C@@H](C)N(Cc1ccccc1C)C(=O)CN(c1ccccc1OC)S(C)(=O)=O. The highest BCUT2D eigenvalue weighted by molar-refractivity contribution is 7.92. The zero-order valence-corrected chi connectivity index (χ0v) is 21.4. The quantitative estimate of drug-likeness (QED) is 0.462. The van der Waals surface area contributed by atoms with Gasteiger partial charge in [0.15, 0.2) is 0 Å². The maximum atomic E-state index is 13.6. The van der Waals surface area contributed by atoms with Crippen molar-refractivity contribution in [1.82, 2.24) is 10.2 Å². The van der Waals surface area contributed by atoms with Gasteiger partial charge in [-0.1, -0.05) is 49.7 Å². The summed E-state index contributed by atoms with van der Waals surface area (Å²) in [6.45, 7) is 5.85. The van der Waals surface area contributed by atoms with Crippen molar-refractivity contribution in [1.29, 1.82) is 0 Å². The molecule has 9 heteroatoms. The molecule has 0 heterocycles. The predicted octanol–water partition coefficient (Wildman–Crippen LogP) is 3.10. The van der Waals surface area contributed by atoms with E-state index in [1.54, 1.807) is 31.2 Å². The number of anilines is 1. The molecule has 1 atom stereocenters. The van der Waals surface area contributed by atoms with E-state index in [1.165, 1.54) is 12.0 Å². The molecule has 34 heavy (non-hydrogen) atoms. The molecule has 0 saturated carbocycles. The van der Waals surface area contributed by atoms with Crippen LogP contribution in [0, 0.1) is 6.92 Å². The average Bonchev–Trinajstić information content (AvgIpc) is 2.80. The van der Waals surface area contributed by atoms with Crippen LogP contribution in [0.5, 0.6) is 5.75 Å². The molecule has 0 aliphatic carbocycles. The predicted molar refractivity (Wildman–Crippen MR) is 134 cm³/mol. The fraction of sp³-hybridized carbons (Fsp3) is 0.440. The number of hydrogen-bond acceptors (Lipinski definition) is 5. The standard InChI is InChI=1S/C25H35N3O5S/c1-6-7-16-26-25(30)20(3)27(17-21-13-9-8-12-19(21)2)24(29)18-28(34(5,31)32)22-14-10-11-15-23(22)33-4/h8-15,20H,6-7,16-18H2,1-5H3,(H,26,30)/t20-/m1/s1. The van der Waals surface area contributed by atoms with Crippen LogP contribution in [-0.2, 0) is 26.2 Å². The molecule has 0 spiro atoms. The number of nitrogens with one attached hydrogen (secondary N) is 1. The van der Waals surface area contributed by atoms with Crippen LogP contribution in [0.3, 0.4) is 0 Å². The van der Waals surface area contributed by atoms with E-state index in [2.05, 4.69) is 5.32 Å². The van der Waals surface area contributed by atoms with Crippen molar-refractivity contribution in [2.75, 3.05) is 30.8 Å². The molecule has 1 N–H and O–H groups in total. The molecule has 2 rings (SSSR count). The number of benzene rings is 2. The minimum atomic E-state index is -3.82. The van der Waals surface area contributed by atoms with Crippen LogP contribution in [0.4, 0.5) is 5.69 Å². The van der Waals surface area contributed by atoms with Gasteiger partial charge >= 0.3 is 0 Å². The van der Waals surface area contributed by atoms with E-state index in [9.17, 15) is 18.0 Å². The molecule has 0 unspecified atom stereocenters. The van der Waals surface area contributed by atoms with Crippen LogP contribution in [0.15, 0.2) is 48.5 Å². The zero-order chi connectivity index (χ0) is 25.3. The Balaban J connectivity index is 2.40. The molecule has 0 fully saturated rings. The first-order chi connectivity index (χ1) is 16.1. The number of amides is 2. The van der Waals surface area contributed by atoms with Crippen LogP contribution in [0.1, 0.15) is 37.8 Å². The molecule has 186 valence electrons. The van der Waals surface area contributed by atoms with Gasteiger partial charge in [-0.05, 0) is 43.5 Å². The number of ether oxygens (including phenoxy) is 1. The first-order valence-electron chi connectivity index (χ1n) is 11.3. The van der Waals surface area contributed by atoms with Gasteiger partial charge in [0.1, 0.15) is 18.3 Å². The number of para-hydroxylation sites is 2. The van der Waals surface area contributed by atoms with Gasteiger partial charge in [-0.25, -0.2) is 8.42 Å². The lowest BCUT2D eigenvalue weighted by Crippen LogP contribution is -2.51. The first kappa shape index (κ1) is 27.2. The number of nitrogens with zero attached hydrogens (tertiary/aromatic N) is 2. The fourth-order valence-corrected chi connectivity index (χ4v) is 4.37. The number of aryl methyl sites for hydroxylation is 1. The Bertz CT molecular complexity index is 1090. The molecular formula is C25H35N3O5S. The fourth-order valence-electron chi connectivity index (χ4n) is 3.52. The summed E-state index contributed by atoms with van der Waals surface area (Å²) in [5, 5.41) is 2.87. The summed E-state index contributed by atoms with van der Waals surface area (Å²) >= 11 is 0. The Morgan fingerprint density at radius 2 is 1.74 bits per heavy atom. The zero-order valence-electron chi connectivity index (χ0n) is 20.6. The van der Waals surface area contributed by atoms with Crippen molar-refractivity contribution in [3.8, 4) is 5.75 Å². The number of unbranched alkanes of at least 4 members (excludes halogenated alkanes) is 1. The van der Waals surface area contributed by atoms with Crippen LogP contribution >= 0.6 is 0 Å². The Hall–Kier alpha value is -3.07. The summed E-state index contributed by atoms with van der Waals surface area (Å²) in [6, 6.07) is 13.4. The van der Waals surface area contributed by atoms with Gasteiger partial charge in [0.25, 0.3) is 0 Å². The number of carbonyl (C=O) groups excluding carboxylic acids is 2. The van der Waals surface area contributed by atoms with Gasteiger partial charge in [-0.2, -0.15) is 0 Å². The highest BCUT2D eigenvalue weighted by Crippen LogP contribution is 2.29. The molecule has 0 aliphatic rings. The topological polar surface area (TPSA) is 96.0 Å². The Labute approximate surface area is 202 Å². The molecular weight excluding hydrogens is 454 g/mol. The smallest absolute Gasteiger partial charge is 0.244 e. The molecule has 2 aromatic carbocycles. The van der Waals surface area contributed by atoms with E-state index in [4.69, 9.17) is 4.74 Å². The summed E-state index contributed by atoms with van der Waals surface area (Å²) in [6.07, 6.45) is 2.81. The summed E-state index contributed by atoms with van der Waals surface area (Å²) in [5.74, 6) is -0.437. The second-order valence-electron chi connectivity index (χ2n) is 8.21. The molecule has 0 radical (unpaired) electrons. The molecule has 0 bridgehead atoms. The Morgan fingerprint density at radius 3 is 2.35 bits per heavy atom. The molecule has 2 aromatic rings. The van der Waals surface area contributed by atoms with E-state index < -0.39 is 28.5 Å². The third-order valence-corrected chi connectivity index (χ3v) is 6.76. The van der Waals surface area contributed by atoms with Gasteiger partial charge in [0, 0.05) is 13.1 Å². The molecule has 0 aliphatic heterocycles. The van der Waals surface area contributed by atoms with Crippen LogP contribution in [0.2, 0.25) is 0 Å². The third kappa shape index (κ3) is 7.21. The normalized spacial score (nSPS) is 12.0. The highest BCUT2D eigenvalue weighted by atomic mass is 32.2. The van der Waals surface area contributed by atoms with Crippen LogP contribution in [-0.4, -0.2) is 57.6 Å².